The summed E-state index contributed by atoms with van der Waals surface area (Å²) in [6, 6.07) is 13.2. The Kier molecular flexibility index (Phi) is 3.63. The summed E-state index contributed by atoms with van der Waals surface area (Å²) in [5.74, 6) is 0.898. The fourth-order valence-electron chi connectivity index (χ4n) is 4.78. The Labute approximate surface area is 160 Å². The van der Waals surface area contributed by atoms with Crippen LogP contribution in [-0.2, 0) is 16.4 Å². The number of aromatic nitrogens is 1. The maximum atomic E-state index is 13.4. The van der Waals surface area contributed by atoms with E-state index >= 15 is 0 Å². The molecule has 3 nitrogen and oxygen atoms in total. The first-order chi connectivity index (χ1) is 12.9. The molecule has 2 aliphatic carbocycles. The van der Waals surface area contributed by atoms with Gasteiger partial charge in [0.2, 0.25) is 0 Å². The van der Waals surface area contributed by atoms with Crippen molar-refractivity contribution in [2.75, 3.05) is 0 Å². The molecule has 0 saturated carbocycles. The lowest BCUT2D eigenvalue weighted by atomic mass is 9.70. The minimum atomic E-state index is -3.62. The third kappa shape index (κ3) is 2.50. The van der Waals surface area contributed by atoms with E-state index < -0.39 is 10.0 Å². The Hall–Kier alpha value is -2.33. The Morgan fingerprint density at radius 3 is 2.59 bits per heavy atom. The predicted octanol–water partition coefficient (Wildman–Crippen LogP) is 5.18. The fourth-order valence-corrected chi connectivity index (χ4v) is 6.15. The standard InChI is InChI=1S/C23H23NO2S/c1-15-7-10-19(11-8-15)27(25,26)24-14-21-20-12-16(2)6-9-17(20)13-18-4-3-5-22(24)23(18)21/h3-5,7-8,10-12,14,17,20H,6,9,13H2,1-2H3/t17-,20+/m1/s1. The van der Waals surface area contributed by atoms with Crippen LogP contribution >= 0.6 is 0 Å². The summed E-state index contributed by atoms with van der Waals surface area (Å²) in [5, 5.41) is 1.14. The van der Waals surface area contributed by atoms with E-state index in [0.29, 0.717) is 16.7 Å². The van der Waals surface area contributed by atoms with Gasteiger partial charge in [-0.05, 0) is 68.4 Å². The zero-order valence-corrected chi connectivity index (χ0v) is 16.5. The van der Waals surface area contributed by atoms with E-state index in [1.165, 1.54) is 27.1 Å². The monoisotopic (exact) mass is 377 g/mol. The molecule has 0 saturated heterocycles. The lowest BCUT2D eigenvalue weighted by molar-refractivity contribution is 0.413. The summed E-state index contributed by atoms with van der Waals surface area (Å²) in [7, 11) is -3.62. The molecule has 0 radical (unpaired) electrons. The molecule has 0 spiro atoms. The summed E-state index contributed by atoms with van der Waals surface area (Å²) in [6.07, 6.45) is 7.61. The first kappa shape index (κ1) is 16.8. The van der Waals surface area contributed by atoms with E-state index in [2.05, 4.69) is 19.1 Å². The number of benzene rings is 2. The molecule has 0 fully saturated rings. The van der Waals surface area contributed by atoms with E-state index in [4.69, 9.17) is 0 Å². The Balaban J connectivity index is 1.76. The van der Waals surface area contributed by atoms with Gasteiger partial charge in [-0.3, -0.25) is 0 Å². The molecule has 0 amide bonds. The van der Waals surface area contributed by atoms with Gasteiger partial charge < -0.3 is 0 Å². The second kappa shape index (κ2) is 5.83. The van der Waals surface area contributed by atoms with Gasteiger partial charge in [-0.2, -0.15) is 0 Å². The van der Waals surface area contributed by atoms with Gasteiger partial charge in [0.25, 0.3) is 10.0 Å². The molecule has 3 aromatic rings. The van der Waals surface area contributed by atoms with Crippen molar-refractivity contribution >= 4 is 20.9 Å². The van der Waals surface area contributed by atoms with Crippen LogP contribution in [0.4, 0.5) is 0 Å². The van der Waals surface area contributed by atoms with Gasteiger partial charge in [0.05, 0.1) is 10.4 Å². The van der Waals surface area contributed by atoms with Gasteiger partial charge in [0, 0.05) is 17.5 Å². The zero-order valence-electron chi connectivity index (χ0n) is 15.6. The van der Waals surface area contributed by atoms with Crippen molar-refractivity contribution in [1.82, 2.24) is 3.97 Å². The van der Waals surface area contributed by atoms with E-state index in [9.17, 15) is 8.42 Å². The van der Waals surface area contributed by atoms with Crippen LogP contribution in [0.5, 0.6) is 0 Å². The van der Waals surface area contributed by atoms with Crippen LogP contribution in [0, 0.1) is 12.8 Å². The van der Waals surface area contributed by atoms with E-state index in [-0.39, 0.29) is 0 Å². The second-order valence-electron chi connectivity index (χ2n) is 8.05. The van der Waals surface area contributed by atoms with Crippen molar-refractivity contribution < 1.29 is 8.42 Å². The van der Waals surface area contributed by atoms with Gasteiger partial charge in [-0.15, -0.1) is 0 Å². The SMILES string of the molecule is CC1=C[C@@H]2c3cn(S(=O)(=O)c4ccc(C)cc4)c4cccc(c34)C[C@H]2CC1. The number of hydrogen-bond donors (Lipinski definition) is 0. The van der Waals surface area contributed by atoms with Crippen LogP contribution in [0.3, 0.4) is 0 Å². The van der Waals surface area contributed by atoms with Crippen molar-refractivity contribution in [3.05, 3.63) is 77.0 Å². The van der Waals surface area contributed by atoms with Gasteiger partial charge >= 0.3 is 0 Å². The van der Waals surface area contributed by atoms with Crippen LogP contribution in [0.1, 0.15) is 42.4 Å². The number of fused-ring (bicyclic) bond motifs is 2. The highest BCUT2D eigenvalue weighted by molar-refractivity contribution is 7.90. The lowest BCUT2D eigenvalue weighted by Gasteiger charge is -2.33. The molecule has 0 unspecified atom stereocenters. The molecule has 2 aliphatic rings. The van der Waals surface area contributed by atoms with Crippen LogP contribution in [0.2, 0.25) is 0 Å². The highest BCUT2D eigenvalue weighted by atomic mass is 32.2. The summed E-state index contributed by atoms with van der Waals surface area (Å²) in [5.41, 5.74) is 5.73. The van der Waals surface area contributed by atoms with Crippen LogP contribution < -0.4 is 0 Å². The summed E-state index contributed by atoms with van der Waals surface area (Å²) < 4.78 is 28.3. The van der Waals surface area contributed by atoms with Crippen molar-refractivity contribution in [2.24, 2.45) is 5.92 Å². The minimum absolute atomic E-state index is 0.325. The molecule has 0 bridgehead atoms. The first-order valence-corrected chi connectivity index (χ1v) is 11.0. The van der Waals surface area contributed by atoms with Gasteiger partial charge in [0.15, 0.2) is 0 Å². The van der Waals surface area contributed by atoms with Crippen molar-refractivity contribution in [2.45, 2.75) is 43.9 Å². The summed E-state index contributed by atoms with van der Waals surface area (Å²) in [6.45, 7) is 4.15. The molecular formula is C23H23NO2S. The summed E-state index contributed by atoms with van der Waals surface area (Å²) in [4.78, 5) is 0.341. The van der Waals surface area contributed by atoms with Crippen LogP contribution in [0.25, 0.3) is 10.9 Å². The Bertz CT molecular complexity index is 1180. The molecule has 1 aromatic heterocycles. The number of rotatable bonds is 2. The van der Waals surface area contributed by atoms with E-state index in [1.54, 1.807) is 12.1 Å². The molecule has 0 N–H and O–H groups in total. The Morgan fingerprint density at radius 2 is 1.81 bits per heavy atom. The maximum absolute atomic E-state index is 13.4. The highest BCUT2D eigenvalue weighted by Crippen LogP contribution is 2.47. The largest absolute Gasteiger partial charge is 0.268 e. The molecule has 27 heavy (non-hydrogen) atoms. The average Bonchev–Trinajstić information content (AvgIpc) is 3.05. The molecule has 2 aromatic carbocycles. The lowest BCUT2D eigenvalue weighted by Crippen LogP contribution is -2.21. The molecule has 0 aliphatic heterocycles. The van der Waals surface area contributed by atoms with Gasteiger partial charge in [-0.1, -0.05) is 41.5 Å². The van der Waals surface area contributed by atoms with E-state index in [0.717, 1.165) is 29.3 Å². The van der Waals surface area contributed by atoms with E-state index in [1.807, 2.05) is 37.4 Å². The Morgan fingerprint density at radius 1 is 1.04 bits per heavy atom. The normalized spacial score (nSPS) is 21.8. The smallest absolute Gasteiger partial charge is 0.241 e. The maximum Gasteiger partial charge on any atom is 0.268 e. The number of hydrogen-bond acceptors (Lipinski definition) is 2. The topological polar surface area (TPSA) is 39.1 Å². The van der Waals surface area contributed by atoms with Crippen LogP contribution in [-0.4, -0.2) is 12.4 Å². The molecule has 5 rings (SSSR count). The zero-order chi connectivity index (χ0) is 18.8. The molecular weight excluding hydrogens is 354 g/mol. The quantitative estimate of drug-likeness (QED) is 0.577. The molecule has 138 valence electrons. The van der Waals surface area contributed by atoms with Crippen molar-refractivity contribution in [1.29, 1.82) is 0 Å². The third-order valence-corrected chi connectivity index (χ3v) is 7.90. The van der Waals surface area contributed by atoms with Crippen molar-refractivity contribution in [3.63, 3.8) is 0 Å². The number of allylic oxidation sites excluding steroid dienone is 2. The third-order valence-electron chi connectivity index (χ3n) is 6.21. The van der Waals surface area contributed by atoms with Crippen molar-refractivity contribution in [3.8, 4) is 0 Å². The van der Waals surface area contributed by atoms with Gasteiger partial charge in [0.1, 0.15) is 0 Å². The fraction of sp³-hybridized carbons (Fsp3) is 0.304. The van der Waals surface area contributed by atoms with Crippen LogP contribution in [0.15, 0.2) is 65.2 Å². The first-order valence-electron chi connectivity index (χ1n) is 9.57. The highest BCUT2D eigenvalue weighted by Gasteiger charge is 2.34. The van der Waals surface area contributed by atoms with Gasteiger partial charge in [-0.25, -0.2) is 12.4 Å². The molecule has 2 atom stereocenters. The minimum Gasteiger partial charge on any atom is -0.241 e. The number of aryl methyl sites for hydroxylation is 1. The predicted molar refractivity (Wildman–Crippen MR) is 109 cm³/mol. The molecule has 1 heterocycles. The summed E-state index contributed by atoms with van der Waals surface area (Å²) >= 11 is 0. The average molecular weight is 378 g/mol. The molecule has 4 heteroatoms. The number of nitrogens with zero attached hydrogens (tertiary/aromatic N) is 1. The second-order valence-corrected chi connectivity index (χ2v) is 9.87.